The molecule has 1 aliphatic heterocycles. The van der Waals surface area contributed by atoms with Crippen molar-refractivity contribution < 1.29 is 4.57 Å². The summed E-state index contributed by atoms with van der Waals surface area (Å²) in [6, 6.07) is 39.5. The summed E-state index contributed by atoms with van der Waals surface area (Å²) < 4.78 is 3.71. The number of nitrogens with zero attached hydrogens (tertiary/aromatic N) is 4. The van der Waals surface area contributed by atoms with Gasteiger partial charge in [0.1, 0.15) is 4.70 Å². The monoisotopic (exact) mass is 713 g/mol. The Bertz CT molecular complexity index is 2320. The Kier molecular flexibility index (Phi) is 10.2. The van der Waals surface area contributed by atoms with Crippen molar-refractivity contribution in [1.29, 1.82) is 10.5 Å². The molecule has 0 bridgehead atoms. The van der Waals surface area contributed by atoms with E-state index in [1.54, 1.807) is 0 Å². The fraction of sp³-hybridized carbons (Fsp3) is 0.239. The third-order valence-electron chi connectivity index (χ3n) is 10.4. The average Bonchev–Trinajstić information content (AvgIpc) is 3.71. The van der Waals surface area contributed by atoms with Gasteiger partial charge in [-0.25, -0.2) is 0 Å². The predicted molar refractivity (Wildman–Crippen MR) is 216 cm³/mol. The second kappa shape index (κ2) is 15.6. The van der Waals surface area contributed by atoms with Crippen LogP contribution in [0.4, 0.5) is 5.69 Å². The van der Waals surface area contributed by atoms with Crippen LogP contribution in [0.3, 0.4) is 0 Å². The highest BCUT2D eigenvalue weighted by molar-refractivity contribution is 8.03. The van der Waals surface area contributed by atoms with Crippen LogP contribution in [0.15, 0.2) is 142 Å². The third kappa shape index (κ3) is 7.28. The number of hydrogen-bond acceptors (Lipinski definition) is 5. The van der Waals surface area contributed by atoms with E-state index in [-0.39, 0.29) is 0 Å². The molecule has 0 N–H and O–H groups in total. The van der Waals surface area contributed by atoms with Gasteiger partial charge in [0.2, 0.25) is 5.52 Å². The number of fused-ring (bicyclic) bond motifs is 3. The van der Waals surface area contributed by atoms with E-state index in [2.05, 4.69) is 143 Å². The van der Waals surface area contributed by atoms with Crippen molar-refractivity contribution in [2.24, 2.45) is 5.92 Å². The molecule has 256 valence electrons. The number of hydrogen-bond donors (Lipinski definition) is 0. The van der Waals surface area contributed by atoms with Crippen LogP contribution in [0.25, 0.3) is 38.5 Å². The standard InChI is InChI=1S/C46H41N4S2/c47-23-7-9-25-49-41-21-19-38(35-11-3-1-4-12-35)31-43(41)51-45(49)29-33-15-17-37-18-16-34(28-40(37)27-33)30-46-50(26-10-8-24-48)42-22-20-39(32-44(42)52-46)36-13-5-2-6-14-36/h1-6,11-14,19-22,27-32,37H,7-10,15-18,25-26H2/q+1. The molecule has 8 rings (SSSR count). The molecule has 2 aliphatic carbocycles. The lowest BCUT2D eigenvalue weighted by Gasteiger charge is -2.28. The number of benzene rings is 4. The number of aromatic nitrogens is 1. The molecule has 1 aromatic heterocycles. The molecular weight excluding hydrogens is 673 g/mol. The van der Waals surface area contributed by atoms with Gasteiger partial charge in [0.05, 0.1) is 22.9 Å². The van der Waals surface area contributed by atoms with Crippen molar-refractivity contribution in [3.8, 4) is 34.4 Å². The van der Waals surface area contributed by atoms with Crippen molar-refractivity contribution >= 4 is 45.1 Å². The normalized spacial score (nSPS) is 18.1. The summed E-state index contributed by atoms with van der Waals surface area (Å²) in [5.74, 6) is 0.603. The van der Waals surface area contributed by atoms with E-state index >= 15 is 0 Å². The van der Waals surface area contributed by atoms with Crippen LogP contribution < -0.4 is 9.47 Å². The lowest BCUT2D eigenvalue weighted by atomic mass is 9.77. The molecule has 1 atom stereocenters. The average molecular weight is 714 g/mol. The summed E-state index contributed by atoms with van der Waals surface area (Å²) in [7, 11) is 0. The second-order valence-electron chi connectivity index (χ2n) is 13.8. The number of aryl methyl sites for hydroxylation is 1. The minimum absolute atomic E-state index is 0.560. The zero-order valence-corrected chi connectivity index (χ0v) is 30.9. The Hall–Kier alpha value is -5.14. The molecule has 4 nitrogen and oxygen atoms in total. The van der Waals surface area contributed by atoms with E-state index < -0.39 is 0 Å². The SMILES string of the molecule is N#CCCCN1C(=CC2=CC3=CC(=Cc4sc5cc(-c6ccccc6)ccc5[n+]4CCCC#N)CCC3CC2)Sc2cc(-c3ccccc3)ccc21. The van der Waals surface area contributed by atoms with E-state index in [0.29, 0.717) is 18.8 Å². The first kappa shape index (κ1) is 34.0. The number of allylic oxidation sites excluding steroid dienone is 6. The molecule has 4 aromatic carbocycles. The summed E-state index contributed by atoms with van der Waals surface area (Å²) in [4.78, 5) is 3.71. The van der Waals surface area contributed by atoms with Crippen LogP contribution >= 0.6 is 23.1 Å². The molecule has 0 radical (unpaired) electrons. The van der Waals surface area contributed by atoms with E-state index in [1.807, 2.05) is 23.1 Å². The van der Waals surface area contributed by atoms with Gasteiger partial charge in [0, 0.05) is 42.8 Å². The zero-order chi connectivity index (χ0) is 35.3. The van der Waals surface area contributed by atoms with E-state index in [0.717, 1.165) is 38.8 Å². The van der Waals surface area contributed by atoms with Gasteiger partial charge in [-0.15, -0.1) is 0 Å². The van der Waals surface area contributed by atoms with Crippen LogP contribution in [-0.2, 0) is 6.54 Å². The smallest absolute Gasteiger partial charge is 0.263 e. The number of unbranched alkanes of at least 4 members (excludes halogenated alkanes) is 2. The summed E-state index contributed by atoms with van der Waals surface area (Å²) in [5.41, 5.74) is 11.6. The molecule has 2 heterocycles. The first-order valence-corrected chi connectivity index (χ1v) is 20.0. The van der Waals surface area contributed by atoms with Crippen molar-refractivity contribution in [3.05, 3.63) is 142 Å². The Labute approximate surface area is 315 Å². The number of thiazole rings is 1. The van der Waals surface area contributed by atoms with Gasteiger partial charge in [0.15, 0.2) is 6.54 Å². The molecular formula is C46H41N4S2+. The van der Waals surface area contributed by atoms with Crippen LogP contribution in [0.2, 0.25) is 0 Å². The molecule has 6 heteroatoms. The van der Waals surface area contributed by atoms with E-state index in [4.69, 9.17) is 0 Å². The fourth-order valence-corrected chi connectivity index (χ4v) is 10.1. The Morgan fingerprint density at radius 1 is 0.750 bits per heavy atom. The predicted octanol–water partition coefficient (Wildman–Crippen LogP) is 12.0. The highest BCUT2D eigenvalue weighted by atomic mass is 32.2. The molecule has 3 aliphatic rings. The quantitative estimate of drug-likeness (QED) is 0.107. The van der Waals surface area contributed by atoms with Crippen molar-refractivity contribution in [3.63, 3.8) is 0 Å². The van der Waals surface area contributed by atoms with Crippen LogP contribution in [-0.4, -0.2) is 6.54 Å². The summed E-state index contributed by atoms with van der Waals surface area (Å²) in [6.07, 6.45) is 17.1. The van der Waals surface area contributed by atoms with E-state index in [1.165, 1.54) is 82.7 Å². The van der Waals surface area contributed by atoms with Gasteiger partial charge in [-0.2, -0.15) is 15.1 Å². The van der Waals surface area contributed by atoms with Gasteiger partial charge >= 0.3 is 0 Å². The number of thioether (sulfide) groups is 1. The molecule has 0 amide bonds. The third-order valence-corrected chi connectivity index (χ3v) is 12.6. The van der Waals surface area contributed by atoms with Gasteiger partial charge in [0.25, 0.3) is 5.01 Å². The molecule has 52 heavy (non-hydrogen) atoms. The van der Waals surface area contributed by atoms with Crippen LogP contribution in [0.1, 0.15) is 56.4 Å². The van der Waals surface area contributed by atoms with Gasteiger partial charge < -0.3 is 4.90 Å². The van der Waals surface area contributed by atoms with Crippen molar-refractivity contribution in [2.75, 3.05) is 11.4 Å². The van der Waals surface area contributed by atoms with Crippen molar-refractivity contribution in [2.45, 2.75) is 62.8 Å². The van der Waals surface area contributed by atoms with Crippen LogP contribution in [0.5, 0.6) is 0 Å². The number of rotatable bonds is 10. The van der Waals surface area contributed by atoms with Gasteiger partial charge in [-0.1, -0.05) is 102 Å². The topological polar surface area (TPSA) is 54.7 Å². The van der Waals surface area contributed by atoms with Crippen LogP contribution in [0, 0.1) is 28.6 Å². The molecule has 0 saturated carbocycles. The number of nitriles is 2. The molecule has 0 fully saturated rings. The minimum atomic E-state index is 0.560. The highest BCUT2D eigenvalue weighted by Gasteiger charge is 2.28. The van der Waals surface area contributed by atoms with Gasteiger partial charge in [-0.3, -0.25) is 0 Å². The highest BCUT2D eigenvalue weighted by Crippen LogP contribution is 2.49. The summed E-state index contributed by atoms with van der Waals surface area (Å²) in [5, 5.41) is 21.1. The maximum atomic E-state index is 9.28. The zero-order valence-electron chi connectivity index (χ0n) is 29.3. The molecule has 0 saturated heterocycles. The molecule has 1 unspecified atom stereocenters. The first-order chi connectivity index (χ1) is 25.7. The maximum Gasteiger partial charge on any atom is 0.263 e. The summed E-state index contributed by atoms with van der Waals surface area (Å²) >= 11 is 3.72. The second-order valence-corrected chi connectivity index (χ2v) is 15.9. The Morgan fingerprint density at radius 2 is 1.46 bits per heavy atom. The maximum absolute atomic E-state index is 9.28. The Balaban J connectivity index is 1.10. The van der Waals surface area contributed by atoms with E-state index in [9.17, 15) is 10.5 Å². The molecule has 0 spiro atoms. The first-order valence-electron chi connectivity index (χ1n) is 18.4. The lowest BCUT2D eigenvalue weighted by molar-refractivity contribution is -0.669. The van der Waals surface area contributed by atoms with Gasteiger partial charge in [-0.05, 0) is 107 Å². The number of anilines is 1. The largest absolute Gasteiger partial charge is 0.335 e. The molecule has 5 aromatic rings. The summed E-state index contributed by atoms with van der Waals surface area (Å²) in [6.45, 7) is 1.68. The van der Waals surface area contributed by atoms with Crippen molar-refractivity contribution in [1.82, 2.24) is 0 Å². The minimum Gasteiger partial charge on any atom is -0.335 e. The Morgan fingerprint density at radius 3 is 2.23 bits per heavy atom. The lowest BCUT2D eigenvalue weighted by Crippen LogP contribution is -2.35. The fourth-order valence-electron chi connectivity index (χ4n) is 7.69.